The lowest BCUT2D eigenvalue weighted by Gasteiger charge is -2.16. The number of carboxylic acid groups (broad SMARTS) is 1. The van der Waals surface area contributed by atoms with Gasteiger partial charge in [0.25, 0.3) is 0 Å². The van der Waals surface area contributed by atoms with Crippen molar-refractivity contribution in [2.75, 3.05) is 17.6 Å². The average Bonchev–Trinajstić information content (AvgIpc) is 2.61. The lowest BCUT2D eigenvalue weighted by atomic mass is 10.1. The molecule has 0 amide bonds. The Bertz CT molecular complexity index is 993. The van der Waals surface area contributed by atoms with E-state index in [1.165, 1.54) is 19.1 Å². The van der Waals surface area contributed by atoms with Crippen LogP contribution in [0.15, 0.2) is 41.3 Å². The van der Waals surface area contributed by atoms with Crippen molar-refractivity contribution in [3.63, 3.8) is 0 Å². The van der Waals surface area contributed by atoms with E-state index in [1.807, 2.05) is 0 Å². The fourth-order valence-electron chi connectivity index (χ4n) is 2.14. The molecule has 0 aromatic heterocycles. The highest BCUT2D eigenvalue weighted by atomic mass is 35.5. The number of anilines is 1. The fraction of sp³-hybridized carbons (Fsp3) is 0.235. The smallest absolute Gasteiger partial charge is 0.416 e. The molecule has 0 unspecified atom stereocenters. The maximum absolute atomic E-state index is 13.0. The van der Waals surface area contributed by atoms with E-state index in [1.54, 1.807) is 0 Å². The first kappa shape index (κ1) is 21.8. The van der Waals surface area contributed by atoms with Crippen LogP contribution in [-0.2, 0) is 20.8 Å². The Balaban J connectivity index is 2.44. The summed E-state index contributed by atoms with van der Waals surface area (Å²) < 4.78 is 68.2. The number of alkyl halides is 3. The third-order valence-corrected chi connectivity index (χ3v) is 5.63. The van der Waals surface area contributed by atoms with Crippen LogP contribution >= 0.6 is 11.6 Å². The SMILES string of the molecule is CCS(=O)(=O)c1ccc(Oc2cc(C(F)(F)F)ccc2NCC(=O)O)c(Cl)c1. The van der Waals surface area contributed by atoms with Crippen molar-refractivity contribution >= 4 is 33.1 Å². The molecule has 28 heavy (non-hydrogen) atoms. The van der Waals surface area contributed by atoms with E-state index < -0.39 is 34.1 Å². The van der Waals surface area contributed by atoms with Crippen LogP contribution in [-0.4, -0.2) is 31.8 Å². The van der Waals surface area contributed by atoms with Gasteiger partial charge in [-0.05, 0) is 36.4 Å². The molecule has 0 aliphatic heterocycles. The lowest BCUT2D eigenvalue weighted by Crippen LogP contribution is -2.13. The van der Waals surface area contributed by atoms with Gasteiger partial charge >= 0.3 is 12.1 Å². The first-order chi connectivity index (χ1) is 12.9. The van der Waals surface area contributed by atoms with E-state index in [-0.39, 0.29) is 32.9 Å². The molecule has 2 N–H and O–H groups in total. The molecule has 0 aliphatic rings. The summed E-state index contributed by atoms with van der Waals surface area (Å²) in [6.45, 7) is 0.903. The molecule has 0 saturated carbocycles. The molecule has 6 nitrogen and oxygen atoms in total. The molecule has 152 valence electrons. The van der Waals surface area contributed by atoms with Crippen molar-refractivity contribution in [3.05, 3.63) is 47.0 Å². The van der Waals surface area contributed by atoms with Gasteiger partial charge in [-0.15, -0.1) is 0 Å². The average molecular weight is 438 g/mol. The molecular formula is C17H15ClF3NO5S. The van der Waals surface area contributed by atoms with Crippen LogP contribution in [0.4, 0.5) is 18.9 Å². The Morgan fingerprint density at radius 2 is 1.86 bits per heavy atom. The van der Waals surface area contributed by atoms with Gasteiger partial charge in [0.15, 0.2) is 15.6 Å². The van der Waals surface area contributed by atoms with Crippen LogP contribution in [0.25, 0.3) is 0 Å². The Kier molecular flexibility index (Phi) is 6.45. The monoisotopic (exact) mass is 437 g/mol. The number of sulfone groups is 1. The molecule has 2 aromatic carbocycles. The number of nitrogens with one attached hydrogen (secondary N) is 1. The first-order valence-electron chi connectivity index (χ1n) is 7.81. The molecule has 0 spiro atoms. The number of aliphatic carboxylic acids is 1. The Hall–Kier alpha value is -2.46. The number of hydrogen-bond donors (Lipinski definition) is 2. The molecule has 0 heterocycles. The van der Waals surface area contributed by atoms with Gasteiger partial charge in [0.1, 0.15) is 12.3 Å². The predicted molar refractivity (Wildman–Crippen MR) is 96.8 cm³/mol. The van der Waals surface area contributed by atoms with Crippen LogP contribution in [0.3, 0.4) is 0 Å². The summed E-state index contributed by atoms with van der Waals surface area (Å²) in [4.78, 5) is 10.7. The number of benzene rings is 2. The molecule has 2 aromatic rings. The fourth-order valence-corrected chi connectivity index (χ4v) is 3.33. The summed E-state index contributed by atoms with van der Waals surface area (Å²) in [6, 6.07) is 6.06. The Labute approximate surface area is 163 Å². The third-order valence-electron chi connectivity index (χ3n) is 3.60. The minimum atomic E-state index is -4.65. The number of carbonyl (C=O) groups is 1. The minimum absolute atomic E-state index is 0.00303. The summed E-state index contributed by atoms with van der Waals surface area (Å²) in [6.07, 6.45) is -4.65. The first-order valence-corrected chi connectivity index (χ1v) is 9.84. The van der Waals surface area contributed by atoms with Crippen molar-refractivity contribution in [3.8, 4) is 11.5 Å². The van der Waals surface area contributed by atoms with Gasteiger partial charge in [-0.1, -0.05) is 18.5 Å². The summed E-state index contributed by atoms with van der Waals surface area (Å²) in [5, 5.41) is 11.1. The largest absolute Gasteiger partial charge is 0.480 e. The van der Waals surface area contributed by atoms with Crippen LogP contribution in [0.5, 0.6) is 11.5 Å². The van der Waals surface area contributed by atoms with Crippen LogP contribution < -0.4 is 10.1 Å². The normalized spacial score (nSPS) is 11.9. The van der Waals surface area contributed by atoms with Crippen molar-refractivity contribution in [1.82, 2.24) is 0 Å². The van der Waals surface area contributed by atoms with Gasteiger partial charge in [0.05, 0.1) is 26.9 Å². The van der Waals surface area contributed by atoms with Crippen molar-refractivity contribution in [2.45, 2.75) is 18.0 Å². The zero-order valence-corrected chi connectivity index (χ0v) is 16.0. The highest BCUT2D eigenvalue weighted by Gasteiger charge is 2.31. The topological polar surface area (TPSA) is 92.7 Å². The zero-order chi connectivity index (χ0) is 21.1. The second-order valence-corrected chi connectivity index (χ2v) is 8.24. The number of halogens is 4. The highest BCUT2D eigenvalue weighted by Crippen LogP contribution is 2.39. The molecular weight excluding hydrogens is 423 g/mol. The Morgan fingerprint density at radius 1 is 1.18 bits per heavy atom. The molecule has 0 radical (unpaired) electrons. The van der Waals surface area contributed by atoms with Crippen LogP contribution in [0.1, 0.15) is 12.5 Å². The predicted octanol–water partition coefficient (Wildman–Crippen LogP) is 4.44. The number of carboxylic acids is 1. The number of hydrogen-bond acceptors (Lipinski definition) is 5. The molecule has 0 saturated heterocycles. The van der Waals surface area contributed by atoms with Gasteiger partial charge in [0.2, 0.25) is 0 Å². The van der Waals surface area contributed by atoms with E-state index in [4.69, 9.17) is 21.4 Å². The zero-order valence-electron chi connectivity index (χ0n) is 14.4. The van der Waals surface area contributed by atoms with Gasteiger partial charge in [-0.2, -0.15) is 13.2 Å². The van der Waals surface area contributed by atoms with Gasteiger partial charge in [-0.3, -0.25) is 4.79 Å². The van der Waals surface area contributed by atoms with Crippen molar-refractivity contribution < 1.29 is 36.2 Å². The molecule has 11 heteroatoms. The van der Waals surface area contributed by atoms with Gasteiger partial charge in [-0.25, -0.2) is 8.42 Å². The number of ether oxygens (including phenoxy) is 1. The summed E-state index contributed by atoms with van der Waals surface area (Å²) in [7, 11) is -3.53. The van der Waals surface area contributed by atoms with Crippen LogP contribution in [0, 0.1) is 0 Å². The minimum Gasteiger partial charge on any atom is -0.480 e. The standard InChI is InChI=1S/C17H15ClF3NO5S/c1-2-28(25,26)11-4-6-14(12(18)8-11)27-15-7-10(17(19,20)21)3-5-13(15)22-9-16(23)24/h3-8,22H,2,9H2,1H3,(H,23,24). The maximum Gasteiger partial charge on any atom is 0.416 e. The van der Waals surface area contributed by atoms with E-state index in [0.29, 0.717) is 6.07 Å². The molecule has 0 fully saturated rings. The van der Waals surface area contributed by atoms with Gasteiger partial charge < -0.3 is 15.2 Å². The molecule has 2 rings (SSSR count). The number of rotatable bonds is 7. The Morgan fingerprint density at radius 3 is 2.39 bits per heavy atom. The van der Waals surface area contributed by atoms with Crippen LogP contribution in [0.2, 0.25) is 5.02 Å². The maximum atomic E-state index is 13.0. The second kappa shape index (κ2) is 8.27. The molecule has 0 aliphatic carbocycles. The van der Waals surface area contributed by atoms with E-state index >= 15 is 0 Å². The summed E-state index contributed by atoms with van der Waals surface area (Å²) in [5.74, 6) is -1.78. The highest BCUT2D eigenvalue weighted by molar-refractivity contribution is 7.91. The third kappa shape index (κ3) is 5.29. The summed E-state index contributed by atoms with van der Waals surface area (Å²) in [5.41, 5.74) is -1.01. The molecule has 0 atom stereocenters. The summed E-state index contributed by atoms with van der Waals surface area (Å²) >= 11 is 6.03. The van der Waals surface area contributed by atoms with E-state index in [2.05, 4.69) is 5.32 Å². The second-order valence-electron chi connectivity index (χ2n) is 5.55. The van der Waals surface area contributed by atoms with Crippen molar-refractivity contribution in [1.29, 1.82) is 0 Å². The van der Waals surface area contributed by atoms with E-state index in [9.17, 15) is 26.4 Å². The van der Waals surface area contributed by atoms with Crippen molar-refractivity contribution in [2.24, 2.45) is 0 Å². The van der Waals surface area contributed by atoms with Gasteiger partial charge in [0, 0.05) is 0 Å². The molecule has 0 bridgehead atoms. The lowest BCUT2D eigenvalue weighted by molar-refractivity contribution is -0.138. The quantitative estimate of drug-likeness (QED) is 0.665. The van der Waals surface area contributed by atoms with E-state index in [0.717, 1.165) is 18.2 Å².